The van der Waals surface area contributed by atoms with Crippen LogP contribution < -0.4 is 20.3 Å². The smallest absolute Gasteiger partial charge is 0.273 e. The van der Waals surface area contributed by atoms with E-state index in [1.54, 1.807) is 6.07 Å². The molecule has 0 fully saturated rings. The van der Waals surface area contributed by atoms with Crippen LogP contribution in [0.4, 0.5) is 0 Å². The fourth-order valence-electron chi connectivity index (χ4n) is 2.84. The van der Waals surface area contributed by atoms with Crippen molar-refractivity contribution in [3.05, 3.63) is 70.6 Å². The van der Waals surface area contributed by atoms with E-state index >= 15 is 0 Å². The van der Waals surface area contributed by atoms with Gasteiger partial charge in [-0.05, 0) is 38.1 Å². The number of hydrogen-bond acceptors (Lipinski definition) is 6. The summed E-state index contributed by atoms with van der Waals surface area (Å²) in [6.07, 6.45) is 0.379. The Labute approximate surface area is 180 Å². The molecular weight excluding hydrogens is 396 g/mol. The molecule has 0 radical (unpaired) electrons. The summed E-state index contributed by atoms with van der Waals surface area (Å²) in [5.74, 6) is 1.61. The molecule has 8 nitrogen and oxygen atoms in total. The Balaban J connectivity index is 1.49. The number of aromatic nitrogens is 3. The highest BCUT2D eigenvalue weighted by Crippen LogP contribution is 2.20. The maximum absolute atomic E-state index is 12.4. The van der Waals surface area contributed by atoms with Gasteiger partial charge in [-0.15, -0.1) is 10.2 Å². The molecule has 31 heavy (non-hydrogen) atoms. The van der Waals surface area contributed by atoms with E-state index in [9.17, 15) is 9.59 Å². The van der Waals surface area contributed by atoms with E-state index in [4.69, 9.17) is 9.47 Å². The van der Waals surface area contributed by atoms with Crippen LogP contribution >= 0.6 is 0 Å². The molecule has 0 aliphatic heterocycles. The molecule has 0 unspecified atom stereocenters. The summed E-state index contributed by atoms with van der Waals surface area (Å²) in [6.45, 7) is 4.62. The molecule has 2 N–H and O–H groups in total. The number of aromatic amines is 1. The average Bonchev–Trinajstić information content (AvgIpc) is 2.76. The number of aryl methyl sites for hydroxylation is 1. The maximum atomic E-state index is 12.4. The highest BCUT2D eigenvalue weighted by atomic mass is 16.5. The van der Waals surface area contributed by atoms with Crippen LogP contribution in [0.2, 0.25) is 0 Å². The Morgan fingerprint density at radius 3 is 2.58 bits per heavy atom. The predicted octanol–water partition coefficient (Wildman–Crippen LogP) is 2.75. The normalized spacial score (nSPS) is 10.7. The van der Waals surface area contributed by atoms with Gasteiger partial charge in [-0.1, -0.05) is 30.3 Å². The number of ether oxygens (including phenoxy) is 2. The van der Waals surface area contributed by atoms with Crippen molar-refractivity contribution >= 4 is 5.91 Å². The minimum absolute atomic E-state index is 0.0406. The molecule has 0 atom stereocenters. The van der Waals surface area contributed by atoms with Crippen molar-refractivity contribution in [3.8, 4) is 22.9 Å². The molecule has 162 valence electrons. The molecule has 0 aliphatic carbocycles. The third-order valence-corrected chi connectivity index (χ3v) is 4.27. The Hall–Kier alpha value is -3.68. The first-order valence-corrected chi connectivity index (χ1v) is 10.2. The van der Waals surface area contributed by atoms with E-state index in [2.05, 4.69) is 20.5 Å². The van der Waals surface area contributed by atoms with E-state index in [1.165, 1.54) is 0 Å². The van der Waals surface area contributed by atoms with Crippen molar-refractivity contribution in [2.75, 3.05) is 13.2 Å². The molecule has 0 aliphatic rings. The molecule has 8 heteroatoms. The van der Waals surface area contributed by atoms with Gasteiger partial charge in [-0.3, -0.25) is 9.59 Å². The van der Waals surface area contributed by atoms with Crippen LogP contribution in [0.1, 0.15) is 26.0 Å². The number of carbonyl (C=O) groups is 1. The van der Waals surface area contributed by atoms with Crippen molar-refractivity contribution in [1.82, 2.24) is 20.5 Å². The summed E-state index contributed by atoms with van der Waals surface area (Å²) in [7, 11) is 0. The molecule has 2 aromatic carbocycles. The number of H-pyrrole nitrogens is 1. The quantitative estimate of drug-likeness (QED) is 0.487. The van der Waals surface area contributed by atoms with Gasteiger partial charge in [0.25, 0.3) is 5.56 Å². The second-order valence-electron chi connectivity index (χ2n) is 7.16. The highest BCUT2D eigenvalue weighted by molar-refractivity contribution is 5.76. The monoisotopic (exact) mass is 422 g/mol. The van der Waals surface area contributed by atoms with Crippen LogP contribution in [-0.2, 0) is 11.2 Å². The van der Waals surface area contributed by atoms with Crippen LogP contribution in [-0.4, -0.2) is 40.3 Å². The summed E-state index contributed by atoms with van der Waals surface area (Å²) in [4.78, 5) is 27.1. The van der Waals surface area contributed by atoms with Crippen LogP contribution in [0.5, 0.6) is 11.5 Å². The van der Waals surface area contributed by atoms with Crippen molar-refractivity contribution in [3.63, 3.8) is 0 Å². The van der Waals surface area contributed by atoms with E-state index in [-0.39, 0.29) is 36.1 Å². The topological polar surface area (TPSA) is 106 Å². The Bertz CT molecular complexity index is 1050. The van der Waals surface area contributed by atoms with Gasteiger partial charge in [0.15, 0.2) is 5.82 Å². The van der Waals surface area contributed by atoms with Crippen LogP contribution in [0.25, 0.3) is 11.4 Å². The number of hydrogen-bond donors (Lipinski definition) is 2. The number of nitrogens with zero attached hydrogens (tertiary/aromatic N) is 2. The minimum atomic E-state index is -0.361. The first-order chi connectivity index (χ1) is 15.0. The van der Waals surface area contributed by atoms with Crippen molar-refractivity contribution in [1.29, 1.82) is 0 Å². The molecule has 0 bridgehead atoms. The largest absolute Gasteiger partial charge is 0.492 e. The van der Waals surface area contributed by atoms with E-state index in [0.29, 0.717) is 30.3 Å². The zero-order valence-electron chi connectivity index (χ0n) is 17.6. The van der Waals surface area contributed by atoms with Crippen LogP contribution in [0, 0.1) is 0 Å². The molecule has 1 heterocycles. The zero-order chi connectivity index (χ0) is 22.1. The predicted molar refractivity (Wildman–Crippen MR) is 117 cm³/mol. The maximum Gasteiger partial charge on any atom is 0.273 e. The van der Waals surface area contributed by atoms with Gasteiger partial charge in [0.2, 0.25) is 5.91 Å². The van der Waals surface area contributed by atoms with Gasteiger partial charge < -0.3 is 19.8 Å². The number of para-hydroxylation sites is 1. The molecule has 0 spiro atoms. The zero-order valence-corrected chi connectivity index (χ0v) is 17.6. The fourth-order valence-corrected chi connectivity index (χ4v) is 2.84. The van der Waals surface area contributed by atoms with Gasteiger partial charge in [-0.25, -0.2) is 0 Å². The Morgan fingerprint density at radius 1 is 1.06 bits per heavy atom. The SMILES string of the molecule is CC(C)Oc1cccc(-c2nnc(CCC(=O)NCCOc3ccccc3)c(=O)[nH]2)c1. The molecule has 1 aromatic heterocycles. The summed E-state index contributed by atoms with van der Waals surface area (Å²) >= 11 is 0. The summed E-state index contributed by atoms with van der Waals surface area (Å²) in [5, 5.41) is 10.9. The number of nitrogens with one attached hydrogen (secondary N) is 2. The summed E-state index contributed by atoms with van der Waals surface area (Å²) < 4.78 is 11.2. The van der Waals surface area contributed by atoms with Crippen LogP contribution in [0.15, 0.2) is 59.4 Å². The highest BCUT2D eigenvalue weighted by Gasteiger charge is 2.10. The summed E-state index contributed by atoms with van der Waals surface area (Å²) in [5.41, 5.74) is 0.555. The van der Waals surface area contributed by atoms with Crippen LogP contribution in [0.3, 0.4) is 0 Å². The number of benzene rings is 2. The standard InChI is InChI=1S/C23H26N4O4/c1-16(2)31-19-10-6-7-17(15-19)22-25-23(29)20(26-27-22)11-12-21(28)24-13-14-30-18-8-4-3-5-9-18/h3-10,15-16H,11-14H2,1-2H3,(H,24,28)(H,25,27,29). The molecule has 1 amide bonds. The lowest BCUT2D eigenvalue weighted by atomic mass is 10.2. The summed E-state index contributed by atoms with van der Waals surface area (Å²) in [6, 6.07) is 16.7. The third-order valence-electron chi connectivity index (χ3n) is 4.27. The fraction of sp³-hybridized carbons (Fsp3) is 0.304. The van der Waals surface area contributed by atoms with E-state index < -0.39 is 0 Å². The van der Waals surface area contributed by atoms with Gasteiger partial charge in [0.05, 0.1) is 12.6 Å². The lowest BCUT2D eigenvalue weighted by Gasteiger charge is -2.10. The molecule has 0 saturated heterocycles. The first kappa shape index (κ1) is 22.0. The van der Waals surface area contributed by atoms with Crippen molar-refractivity contribution in [2.24, 2.45) is 0 Å². The average molecular weight is 422 g/mol. The van der Waals surface area contributed by atoms with Gasteiger partial charge in [-0.2, -0.15) is 0 Å². The minimum Gasteiger partial charge on any atom is -0.492 e. The second-order valence-corrected chi connectivity index (χ2v) is 7.16. The number of amides is 1. The first-order valence-electron chi connectivity index (χ1n) is 10.2. The Morgan fingerprint density at radius 2 is 1.84 bits per heavy atom. The molecule has 3 rings (SSSR count). The van der Waals surface area contributed by atoms with Crippen molar-refractivity contribution < 1.29 is 14.3 Å². The van der Waals surface area contributed by atoms with E-state index in [0.717, 1.165) is 5.75 Å². The van der Waals surface area contributed by atoms with Gasteiger partial charge in [0.1, 0.15) is 23.8 Å². The lowest BCUT2D eigenvalue weighted by molar-refractivity contribution is -0.121. The van der Waals surface area contributed by atoms with E-state index in [1.807, 2.05) is 62.4 Å². The molecular formula is C23H26N4O4. The number of carbonyl (C=O) groups excluding carboxylic acids is 1. The number of rotatable bonds is 10. The second kappa shape index (κ2) is 10.9. The Kier molecular flexibility index (Phi) is 7.75. The van der Waals surface area contributed by atoms with Crippen molar-refractivity contribution in [2.45, 2.75) is 32.8 Å². The van der Waals surface area contributed by atoms with Gasteiger partial charge >= 0.3 is 0 Å². The molecule has 0 saturated carbocycles. The van der Waals surface area contributed by atoms with Gasteiger partial charge in [0, 0.05) is 18.4 Å². The molecule has 3 aromatic rings. The lowest BCUT2D eigenvalue weighted by Crippen LogP contribution is -2.29. The third kappa shape index (κ3) is 6.95.